The van der Waals surface area contributed by atoms with Crippen molar-refractivity contribution in [1.82, 2.24) is 5.48 Å². The Morgan fingerprint density at radius 1 is 1.53 bits per heavy atom. The van der Waals surface area contributed by atoms with Crippen molar-refractivity contribution >= 4 is 17.7 Å². The van der Waals surface area contributed by atoms with Gasteiger partial charge in [-0.05, 0) is 12.1 Å². The van der Waals surface area contributed by atoms with Gasteiger partial charge in [0.05, 0.1) is 12.9 Å². The van der Waals surface area contributed by atoms with E-state index in [0.717, 1.165) is 23.9 Å². The molecule has 0 aliphatic heterocycles. The van der Waals surface area contributed by atoms with Crippen LogP contribution in [0.3, 0.4) is 0 Å². The summed E-state index contributed by atoms with van der Waals surface area (Å²) in [5.41, 5.74) is 2.09. The minimum Gasteiger partial charge on any atom is -0.277 e. The number of amides is 1. The zero-order valence-electron chi connectivity index (χ0n) is 7.92. The second-order valence-corrected chi connectivity index (χ2v) is 3.61. The maximum Gasteiger partial charge on any atom is 0.253 e. The quantitative estimate of drug-likeness (QED) is 0.636. The Balaban J connectivity index is 2.54. The second kappa shape index (κ2) is 5.67. The van der Waals surface area contributed by atoms with E-state index in [1.807, 2.05) is 0 Å². The molecule has 0 unspecified atom stereocenters. The van der Waals surface area contributed by atoms with Gasteiger partial charge in [0.2, 0.25) is 0 Å². The largest absolute Gasteiger partial charge is 0.277 e. The fourth-order valence-electron chi connectivity index (χ4n) is 0.879. The van der Waals surface area contributed by atoms with Crippen LogP contribution in [0.5, 0.6) is 0 Å². The van der Waals surface area contributed by atoms with E-state index in [1.54, 1.807) is 0 Å². The predicted octanol–water partition coefficient (Wildman–Crippen LogP) is 1.73. The molecule has 0 bridgehead atoms. The van der Waals surface area contributed by atoms with Gasteiger partial charge in [-0.3, -0.25) is 9.63 Å². The van der Waals surface area contributed by atoms with Crippen molar-refractivity contribution in [2.75, 3.05) is 12.9 Å². The molecule has 1 aromatic carbocycles. The van der Waals surface area contributed by atoms with Gasteiger partial charge < -0.3 is 0 Å². The Labute approximate surface area is 89.8 Å². The minimum absolute atomic E-state index is 0.0103. The molecule has 0 fully saturated rings. The number of hydroxylamine groups is 1. The van der Waals surface area contributed by atoms with Crippen LogP contribution in [-0.2, 0) is 9.63 Å². The molecule has 1 aromatic rings. The fourth-order valence-corrected chi connectivity index (χ4v) is 1.59. The van der Waals surface area contributed by atoms with Crippen LogP contribution in [0.25, 0.3) is 0 Å². The van der Waals surface area contributed by atoms with Gasteiger partial charge in [0.15, 0.2) is 0 Å². The molecule has 3 nitrogen and oxygen atoms in total. The zero-order chi connectivity index (χ0) is 11.3. The zero-order valence-corrected chi connectivity index (χ0v) is 8.74. The van der Waals surface area contributed by atoms with E-state index >= 15 is 0 Å². The van der Waals surface area contributed by atoms with Crippen molar-refractivity contribution in [3.05, 3.63) is 29.8 Å². The summed E-state index contributed by atoms with van der Waals surface area (Å²) < 4.78 is 25.6. The van der Waals surface area contributed by atoms with Crippen LogP contribution < -0.4 is 5.48 Å². The van der Waals surface area contributed by atoms with E-state index in [4.69, 9.17) is 0 Å². The molecule has 15 heavy (non-hydrogen) atoms. The third kappa shape index (κ3) is 3.85. The van der Waals surface area contributed by atoms with Crippen molar-refractivity contribution in [2.45, 2.75) is 4.90 Å². The van der Waals surface area contributed by atoms with Crippen LogP contribution >= 0.6 is 11.8 Å². The Bertz CT molecular complexity index is 360. The molecule has 1 N–H and O–H groups in total. The van der Waals surface area contributed by atoms with E-state index < -0.39 is 11.6 Å². The number of carbonyl (C=O) groups excluding carboxylic acids is 1. The van der Waals surface area contributed by atoms with E-state index in [2.05, 4.69) is 10.3 Å². The predicted molar refractivity (Wildman–Crippen MR) is 52.2 cm³/mol. The van der Waals surface area contributed by atoms with E-state index in [9.17, 15) is 13.6 Å². The maximum atomic E-state index is 13.1. The first-order chi connectivity index (χ1) is 7.13. The van der Waals surface area contributed by atoms with Gasteiger partial charge in [-0.1, -0.05) is 0 Å². The Hall–Kier alpha value is -1.14. The highest BCUT2D eigenvalue weighted by atomic mass is 32.2. The van der Waals surface area contributed by atoms with Gasteiger partial charge in [0.1, 0.15) is 11.6 Å². The van der Waals surface area contributed by atoms with Crippen molar-refractivity contribution in [2.24, 2.45) is 0 Å². The molecule has 0 saturated heterocycles. The molecular weight excluding hydrogens is 224 g/mol. The van der Waals surface area contributed by atoms with Crippen LogP contribution in [-0.4, -0.2) is 18.8 Å². The van der Waals surface area contributed by atoms with Gasteiger partial charge in [0, 0.05) is 11.0 Å². The van der Waals surface area contributed by atoms with E-state index in [-0.39, 0.29) is 16.6 Å². The van der Waals surface area contributed by atoms with Crippen LogP contribution in [0.4, 0.5) is 8.78 Å². The normalized spacial score (nSPS) is 10.1. The number of thioether (sulfide) groups is 1. The molecule has 0 aliphatic carbocycles. The van der Waals surface area contributed by atoms with Gasteiger partial charge >= 0.3 is 0 Å². The van der Waals surface area contributed by atoms with Crippen LogP contribution in [0.1, 0.15) is 0 Å². The van der Waals surface area contributed by atoms with Crippen molar-refractivity contribution in [3.63, 3.8) is 0 Å². The average molecular weight is 233 g/mol. The topological polar surface area (TPSA) is 38.3 Å². The SMILES string of the molecule is CONC(=O)CSc1ccc(F)cc1F. The summed E-state index contributed by atoms with van der Waals surface area (Å²) in [5.74, 6) is -1.69. The molecule has 1 rings (SSSR count). The molecular formula is C9H9F2NO2S. The number of halogens is 2. The lowest BCUT2D eigenvalue weighted by molar-refractivity contribution is -0.128. The first-order valence-corrected chi connectivity index (χ1v) is 5.01. The summed E-state index contributed by atoms with van der Waals surface area (Å²) in [7, 11) is 1.31. The summed E-state index contributed by atoms with van der Waals surface area (Å²) in [4.78, 5) is 15.5. The summed E-state index contributed by atoms with van der Waals surface area (Å²) >= 11 is 0.970. The monoisotopic (exact) mass is 233 g/mol. The number of hydrogen-bond donors (Lipinski definition) is 1. The summed E-state index contributed by atoms with van der Waals surface area (Å²) in [6, 6.07) is 3.20. The van der Waals surface area contributed by atoms with Crippen LogP contribution in [0.2, 0.25) is 0 Å². The highest BCUT2D eigenvalue weighted by Crippen LogP contribution is 2.21. The molecule has 0 saturated carbocycles. The molecule has 0 aliphatic rings. The standard InChI is InChI=1S/C9H9F2NO2S/c1-14-12-9(13)5-15-8-3-2-6(10)4-7(8)11/h2-4H,5H2,1H3,(H,12,13). The summed E-state index contributed by atoms with van der Waals surface area (Å²) in [6.45, 7) is 0. The third-order valence-corrected chi connectivity index (χ3v) is 2.52. The average Bonchev–Trinajstić information content (AvgIpc) is 2.17. The van der Waals surface area contributed by atoms with E-state index in [1.165, 1.54) is 13.2 Å². The fraction of sp³-hybridized carbons (Fsp3) is 0.222. The first-order valence-electron chi connectivity index (χ1n) is 4.03. The number of hydrogen-bond acceptors (Lipinski definition) is 3. The molecule has 82 valence electrons. The highest BCUT2D eigenvalue weighted by molar-refractivity contribution is 8.00. The van der Waals surface area contributed by atoms with E-state index in [0.29, 0.717) is 0 Å². The molecule has 0 heterocycles. The molecule has 0 aromatic heterocycles. The Morgan fingerprint density at radius 3 is 2.87 bits per heavy atom. The van der Waals surface area contributed by atoms with Crippen molar-refractivity contribution < 1.29 is 18.4 Å². The van der Waals surface area contributed by atoms with Gasteiger partial charge in [-0.15, -0.1) is 11.8 Å². The third-order valence-electron chi connectivity index (χ3n) is 1.47. The lowest BCUT2D eigenvalue weighted by atomic mass is 10.3. The molecule has 0 radical (unpaired) electrons. The van der Waals surface area contributed by atoms with Crippen molar-refractivity contribution in [1.29, 1.82) is 0 Å². The van der Waals surface area contributed by atoms with Gasteiger partial charge in [-0.2, -0.15) is 0 Å². The molecule has 1 amide bonds. The number of rotatable bonds is 4. The first kappa shape index (κ1) is 11.9. The lowest BCUT2D eigenvalue weighted by Gasteiger charge is -2.03. The summed E-state index contributed by atoms with van der Waals surface area (Å²) in [6.07, 6.45) is 0. The smallest absolute Gasteiger partial charge is 0.253 e. The lowest BCUT2D eigenvalue weighted by Crippen LogP contribution is -2.23. The molecule has 0 spiro atoms. The van der Waals surface area contributed by atoms with Crippen LogP contribution in [0.15, 0.2) is 23.1 Å². The number of nitrogens with one attached hydrogen (secondary N) is 1. The molecule has 6 heteroatoms. The second-order valence-electron chi connectivity index (χ2n) is 2.59. The van der Waals surface area contributed by atoms with Gasteiger partial charge in [-0.25, -0.2) is 14.3 Å². The highest BCUT2D eigenvalue weighted by Gasteiger charge is 2.07. The maximum absolute atomic E-state index is 13.1. The number of benzene rings is 1. The minimum atomic E-state index is -0.676. The Kier molecular flexibility index (Phi) is 4.51. The van der Waals surface area contributed by atoms with Crippen LogP contribution in [0, 0.1) is 11.6 Å². The van der Waals surface area contributed by atoms with Gasteiger partial charge in [0.25, 0.3) is 5.91 Å². The van der Waals surface area contributed by atoms with Crippen molar-refractivity contribution in [3.8, 4) is 0 Å². The summed E-state index contributed by atoms with van der Waals surface area (Å²) in [5, 5.41) is 0. The number of carbonyl (C=O) groups is 1. The molecule has 0 atom stereocenters. The Morgan fingerprint density at radius 2 is 2.27 bits per heavy atom.